The molecule has 6 nitrogen and oxygen atoms in total. The molecule has 1 saturated carbocycles. The molecular weight excluding hydrogens is 472 g/mol. The van der Waals surface area contributed by atoms with Gasteiger partial charge in [-0.3, -0.25) is 4.79 Å². The van der Waals surface area contributed by atoms with Crippen molar-refractivity contribution in [3.05, 3.63) is 52.5 Å². The molecular formula is C29H41ClN4O2. The van der Waals surface area contributed by atoms with E-state index in [0.29, 0.717) is 30.7 Å². The zero-order chi connectivity index (χ0) is 25.1. The third-order valence-electron chi connectivity index (χ3n) is 6.87. The van der Waals surface area contributed by atoms with Crippen molar-refractivity contribution in [1.82, 2.24) is 19.9 Å². The molecule has 1 aliphatic carbocycles. The molecule has 36 heavy (non-hydrogen) atoms. The molecule has 4 rings (SSSR count). The van der Waals surface area contributed by atoms with Gasteiger partial charge in [0.1, 0.15) is 17.4 Å². The van der Waals surface area contributed by atoms with Crippen molar-refractivity contribution in [2.75, 3.05) is 0 Å². The minimum absolute atomic E-state index is 0. The second-order valence-corrected chi connectivity index (χ2v) is 11.3. The Bertz CT molecular complexity index is 1160. The van der Waals surface area contributed by atoms with Gasteiger partial charge in [0, 0.05) is 37.3 Å². The summed E-state index contributed by atoms with van der Waals surface area (Å²) in [6.45, 7) is 13.0. The first-order chi connectivity index (χ1) is 16.7. The summed E-state index contributed by atoms with van der Waals surface area (Å²) in [4.78, 5) is 13.2. The van der Waals surface area contributed by atoms with Gasteiger partial charge in [0.15, 0.2) is 11.5 Å². The molecule has 0 radical (unpaired) electrons. The van der Waals surface area contributed by atoms with E-state index in [1.54, 1.807) is 0 Å². The van der Waals surface area contributed by atoms with Crippen molar-refractivity contribution in [2.24, 2.45) is 11.8 Å². The maximum atomic E-state index is 13.2. The lowest BCUT2D eigenvalue weighted by Crippen LogP contribution is -2.17. The second-order valence-electron chi connectivity index (χ2n) is 11.3. The van der Waals surface area contributed by atoms with E-state index in [9.17, 15) is 4.79 Å². The monoisotopic (exact) mass is 512 g/mol. The summed E-state index contributed by atoms with van der Waals surface area (Å²) < 4.78 is 7.88. The van der Waals surface area contributed by atoms with E-state index in [1.165, 1.54) is 11.1 Å². The number of aromatic nitrogens is 4. The van der Waals surface area contributed by atoms with Crippen molar-refractivity contribution in [3.63, 3.8) is 0 Å². The van der Waals surface area contributed by atoms with Gasteiger partial charge >= 0.3 is 0 Å². The van der Waals surface area contributed by atoms with E-state index in [1.807, 2.05) is 6.07 Å². The number of carbonyl (C=O) groups is 1. The minimum Gasteiger partial charge on any atom is -0.361 e. The quantitative estimate of drug-likeness (QED) is 0.256. The molecule has 0 N–H and O–H groups in total. The van der Waals surface area contributed by atoms with Crippen molar-refractivity contribution in [1.29, 1.82) is 0 Å². The fourth-order valence-electron chi connectivity index (χ4n) is 4.87. The van der Waals surface area contributed by atoms with Crippen molar-refractivity contribution in [3.8, 4) is 11.5 Å². The summed E-state index contributed by atoms with van der Waals surface area (Å²) in [5.41, 5.74) is 4.27. The molecule has 0 aliphatic heterocycles. The number of hydrogen-bond donors (Lipinski definition) is 0. The predicted molar refractivity (Wildman–Crippen MR) is 146 cm³/mol. The molecule has 3 aromatic rings. The molecule has 0 bridgehead atoms. The van der Waals surface area contributed by atoms with Crippen LogP contribution < -0.4 is 0 Å². The van der Waals surface area contributed by atoms with Gasteiger partial charge in [-0.2, -0.15) is 0 Å². The van der Waals surface area contributed by atoms with Crippen molar-refractivity contribution < 1.29 is 9.32 Å². The molecule has 196 valence electrons. The smallest absolute Gasteiger partial charge is 0.186 e. The summed E-state index contributed by atoms with van der Waals surface area (Å²) >= 11 is 0. The van der Waals surface area contributed by atoms with Gasteiger partial charge < -0.3 is 9.09 Å². The maximum Gasteiger partial charge on any atom is 0.186 e. The fraction of sp³-hybridized carbons (Fsp3) is 0.586. The van der Waals surface area contributed by atoms with E-state index < -0.39 is 0 Å². The number of benzene rings is 1. The highest BCUT2D eigenvalue weighted by atomic mass is 35.5. The van der Waals surface area contributed by atoms with Gasteiger partial charge in [-0.15, -0.1) is 22.6 Å². The van der Waals surface area contributed by atoms with Crippen LogP contribution in [-0.4, -0.2) is 25.7 Å². The minimum atomic E-state index is 0. The van der Waals surface area contributed by atoms with E-state index in [-0.39, 0.29) is 24.1 Å². The first kappa shape index (κ1) is 28.1. The Labute approximate surface area is 221 Å². The molecule has 2 heterocycles. The summed E-state index contributed by atoms with van der Waals surface area (Å²) in [7, 11) is 0. The summed E-state index contributed by atoms with van der Waals surface area (Å²) in [5.74, 6) is 3.96. The lowest BCUT2D eigenvalue weighted by molar-refractivity contribution is -0.118. The largest absolute Gasteiger partial charge is 0.361 e. The number of hydrogen-bond acceptors (Lipinski definition) is 5. The number of aryl methyl sites for hydroxylation is 3. The van der Waals surface area contributed by atoms with E-state index in [2.05, 4.69) is 79.7 Å². The Morgan fingerprint density at radius 1 is 1.08 bits per heavy atom. The SMILES string of the molecule is Cc1ccc(CC(=O)C[C@H](CC(C)C)c2nnc(-c3cc(CCC(C)C)on3)n2C2CC2)c(C)c1.Cl. The summed E-state index contributed by atoms with van der Waals surface area (Å²) in [6, 6.07) is 8.72. The molecule has 1 aliphatic rings. The molecule has 7 heteroatoms. The number of Topliss-reactive ketones (excluding diaryl/α,β-unsaturated/α-hetero) is 1. The van der Waals surface area contributed by atoms with Crippen molar-refractivity contribution >= 4 is 18.2 Å². The van der Waals surface area contributed by atoms with Crippen LogP contribution in [0.4, 0.5) is 0 Å². The first-order valence-corrected chi connectivity index (χ1v) is 13.2. The zero-order valence-electron chi connectivity index (χ0n) is 22.6. The summed E-state index contributed by atoms with van der Waals surface area (Å²) in [5, 5.41) is 13.6. The lowest BCUT2D eigenvalue weighted by atomic mass is 9.89. The van der Waals surface area contributed by atoms with Gasteiger partial charge in [-0.05, 0) is 62.5 Å². The highest BCUT2D eigenvalue weighted by Crippen LogP contribution is 2.42. The summed E-state index contributed by atoms with van der Waals surface area (Å²) in [6.07, 6.45) is 6.01. The van der Waals surface area contributed by atoms with Crippen LogP contribution in [-0.2, 0) is 17.6 Å². The highest BCUT2D eigenvalue weighted by molar-refractivity contribution is 5.85. The second kappa shape index (κ2) is 12.2. The fourth-order valence-corrected chi connectivity index (χ4v) is 4.87. The first-order valence-electron chi connectivity index (χ1n) is 13.2. The van der Waals surface area contributed by atoms with Crippen molar-refractivity contribution in [2.45, 2.75) is 98.4 Å². The predicted octanol–water partition coefficient (Wildman–Crippen LogP) is 7.23. The van der Waals surface area contributed by atoms with Crippen LogP contribution in [0.5, 0.6) is 0 Å². The number of rotatable bonds is 12. The van der Waals surface area contributed by atoms with Crippen LogP contribution in [0.3, 0.4) is 0 Å². The Morgan fingerprint density at radius 3 is 2.47 bits per heavy atom. The van der Waals surface area contributed by atoms with Gasteiger partial charge in [-0.1, -0.05) is 56.6 Å². The van der Waals surface area contributed by atoms with E-state index in [0.717, 1.165) is 60.8 Å². The van der Waals surface area contributed by atoms with Crippen LogP contribution >= 0.6 is 12.4 Å². The van der Waals surface area contributed by atoms with Gasteiger partial charge in [0.2, 0.25) is 0 Å². The Balaban J connectivity index is 0.00000361. The highest BCUT2D eigenvalue weighted by Gasteiger charge is 2.34. The average Bonchev–Trinajstić information content (AvgIpc) is 3.34. The number of carbonyl (C=O) groups excluding carboxylic acids is 1. The van der Waals surface area contributed by atoms with Gasteiger partial charge in [0.05, 0.1) is 0 Å². The standard InChI is InChI=1S/C29H40N4O2.ClH/c1-18(2)7-12-26-17-27(32-35-26)29-31-30-28(33(29)24-10-11-24)23(13-19(3)4)16-25(34)15-22-9-8-20(5)14-21(22)6;/h8-9,14,17-19,23-24H,7,10-13,15-16H2,1-6H3;1H/t23-;/m0./s1. The Kier molecular flexibility index (Phi) is 9.51. The molecule has 1 aromatic carbocycles. The molecule has 0 saturated heterocycles. The average molecular weight is 513 g/mol. The topological polar surface area (TPSA) is 73.8 Å². The third-order valence-corrected chi connectivity index (χ3v) is 6.87. The van der Waals surface area contributed by atoms with Crippen LogP contribution in [0.1, 0.15) is 100 Å². The zero-order valence-corrected chi connectivity index (χ0v) is 23.4. The molecule has 1 atom stereocenters. The normalized spacial score (nSPS) is 14.3. The Morgan fingerprint density at radius 2 is 1.83 bits per heavy atom. The molecule has 0 unspecified atom stereocenters. The maximum absolute atomic E-state index is 13.2. The molecule has 0 spiro atoms. The van der Waals surface area contributed by atoms with E-state index >= 15 is 0 Å². The van der Waals surface area contributed by atoms with Crippen LogP contribution in [0.2, 0.25) is 0 Å². The number of nitrogens with zero attached hydrogens (tertiary/aromatic N) is 4. The van der Waals surface area contributed by atoms with Crippen LogP contribution in [0.25, 0.3) is 11.5 Å². The Hall–Kier alpha value is -2.47. The molecule has 0 amide bonds. The van der Waals surface area contributed by atoms with Crippen LogP contribution in [0, 0.1) is 25.7 Å². The molecule has 1 fully saturated rings. The van der Waals surface area contributed by atoms with E-state index in [4.69, 9.17) is 4.52 Å². The van der Waals surface area contributed by atoms with Crippen LogP contribution in [0.15, 0.2) is 28.8 Å². The molecule has 2 aromatic heterocycles. The number of ketones is 1. The lowest BCUT2D eigenvalue weighted by Gasteiger charge is -2.20. The third kappa shape index (κ3) is 7.06. The van der Waals surface area contributed by atoms with Gasteiger partial charge in [-0.25, -0.2) is 0 Å². The van der Waals surface area contributed by atoms with Gasteiger partial charge in [0.25, 0.3) is 0 Å². The number of halogens is 1.